The van der Waals surface area contributed by atoms with E-state index in [-0.39, 0.29) is 18.7 Å². The van der Waals surface area contributed by atoms with Gasteiger partial charge in [0.15, 0.2) is 0 Å². The zero-order valence-electron chi connectivity index (χ0n) is 18.3. The minimum absolute atomic E-state index is 0.00697. The van der Waals surface area contributed by atoms with Crippen LogP contribution in [0.4, 0.5) is 25.4 Å². The van der Waals surface area contributed by atoms with Crippen LogP contribution in [0, 0.1) is 5.82 Å². The topological polar surface area (TPSA) is 68.4 Å². The average Bonchev–Trinajstić information content (AvgIpc) is 3.26. The maximum atomic E-state index is 14.8. The minimum atomic E-state index is -0.630. The molecule has 0 aliphatic carbocycles. The molecule has 2 aliphatic heterocycles. The lowest BCUT2D eigenvalue weighted by atomic mass is 10.2. The molecule has 0 radical (unpaired) electrons. The summed E-state index contributed by atoms with van der Waals surface area (Å²) in [5.41, 5.74) is 1.73. The summed E-state index contributed by atoms with van der Waals surface area (Å²) in [6.07, 6.45) is 0.260. The van der Waals surface area contributed by atoms with Crippen LogP contribution in [0.3, 0.4) is 0 Å². The van der Waals surface area contributed by atoms with Gasteiger partial charge in [-0.3, -0.25) is 10.2 Å². The smallest absolute Gasteiger partial charge is 0.411 e. The van der Waals surface area contributed by atoms with Crippen LogP contribution in [0.5, 0.6) is 0 Å². The quantitative estimate of drug-likeness (QED) is 0.771. The van der Waals surface area contributed by atoms with Gasteiger partial charge in [0, 0.05) is 38.9 Å². The fourth-order valence-corrected chi connectivity index (χ4v) is 4.21. The molecule has 32 heavy (non-hydrogen) atoms. The van der Waals surface area contributed by atoms with Crippen molar-refractivity contribution in [3.05, 3.63) is 59.9 Å². The molecule has 2 saturated heterocycles. The summed E-state index contributed by atoms with van der Waals surface area (Å²) >= 11 is 0. The summed E-state index contributed by atoms with van der Waals surface area (Å²) in [5, 5.41) is 2.57. The first-order valence-corrected chi connectivity index (χ1v) is 10.6. The van der Waals surface area contributed by atoms with Crippen molar-refractivity contribution < 1.29 is 18.7 Å². The number of hydrogen-bond donors (Lipinski definition) is 1. The van der Waals surface area contributed by atoms with Gasteiger partial charge in [0.2, 0.25) is 0 Å². The van der Waals surface area contributed by atoms with Crippen molar-refractivity contribution in [2.24, 2.45) is 0 Å². The first-order chi connectivity index (χ1) is 15.4. The molecule has 4 rings (SSSR count). The lowest BCUT2D eigenvalue weighted by molar-refractivity contribution is 0.0331. The maximum Gasteiger partial charge on any atom is 0.411 e. The highest BCUT2D eigenvalue weighted by Crippen LogP contribution is 2.28. The molecule has 2 fully saturated rings. The third kappa shape index (κ3) is 4.94. The van der Waals surface area contributed by atoms with Gasteiger partial charge in [-0.25, -0.2) is 14.0 Å². The molecule has 1 N–H and O–H groups in total. The highest BCUT2D eigenvalue weighted by Gasteiger charge is 2.34. The molecule has 1 unspecified atom stereocenters. The van der Waals surface area contributed by atoms with E-state index in [0.29, 0.717) is 31.3 Å². The second kappa shape index (κ2) is 9.44. The van der Waals surface area contributed by atoms with E-state index < -0.39 is 11.9 Å². The molecule has 8 nitrogen and oxygen atoms in total. The van der Waals surface area contributed by atoms with Crippen molar-refractivity contribution in [1.29, 1.82) is 0 Å². The third-order valence-electron chi connectivity index (χ3n) is 5.87. The van der Waals surface area contributed by atoms with Gasteiger partial charge in [-0.15, -0.1) is 0 Å². The Morgan fingerprint density at radius 2 is 1.84 bits per heavy atom. The Balaban J connectivity index is 1.32. The van der Waals surface area contributed by atoms with E-state index in [0.717, 1.165) is 18.5 Å². The van der Waals surface area contributed by atoms with E-state index in [9.17, 15) is 14.0 Å². The average molecular weight is 442 g/mol. The number of carbonyl (C=O) groups excluding carboxylic acids is 2. The number of rotatable bonds is 5. The highest BCUT2D eigenvalue weighted by molar-refractivity contribution is 5.85. The van der Waals surface area contributed by atoms with Crippen molar-refractivity contribution in [3.63, 3.8) is 0 Å². The number of amides is 3. The molecule has 0 aromatic heterocycles. The number of ether oxygens (including phenoxy) is 1. The largest absolute Gasteiger partial charge is 0.444 e. The van der Waals surface area contributed by atoms with Crippen molar-refractivity contribution in [3.8, 4) is 0 Å². The van der Waals surface area contributed by atoms with Gasteiger partial charge in [0.25, 0.3) is 0 Å². The van der Waals surface area contributed by atoms with Crippen LogP contribution < -0.4 is 10.2 Å². The molecule has 2 heterocycles. The SMILES string of the molecule is CN1CN(C2CCN(c3ccc(NC(=O)OCc4ccccc4)cc3F)C2)CN(C)C1=O. The summed E-state index contributed by atoms with van der Waals surface area (Å²) in [4.78, 5) is 31.6. The summed E-state index contributed by atoms with van der Waals surface area (Å²) in [7, 11) is 3.57. The molecular formula is C23H28FN5O3. The Bertz CT molecular complexity index is 959. The van der Waals surface area contributed by atoms with E-state index >= 15 is 0 Å². The van der Waals surface area contributed by atoms with Crippen molar-refractivity contribution in [2.45, 2.75) is 19.1 Å². The second-order valence-electron chi connectivity index (χ2n) is 8.29. The lowest BCUT2D eigenvalue weighted by Crippen LogP contribution is -2.58. The zero-order valence-corrected chi connectivity index (χ0v) is 18.3. The molecule has 2 aliphatic rings. The first-order valence-electron chi connectivity index (χ1n) is 10.6. The van der Waals surface area contributed by atoms with Gasteiger partial charge in [-0.05, 0) is 30.2 Å². The van der Waals surface area contributed by atoms with Crippen LogP contribution in [0.25, 0.3) is 0 Å². The van der Waals surface area contributed by atoms with Gasteiger partial charge in [0.1, 0.15) is 12.4 Å². The van der Waals surface area contributed by atoms with Crippen molar-refractivity contribution in [1.82, 2.24) is 14.7 Å². The van der Waals surface area contributed by atoms with Crippen LogP contribution in [0.1, 0.15) is 12.0 Å². The first kappa shape index (κ1) is 21.9. The minimum Gasteiger partial charge on any atom is -0.444 e. The van der Waals surface area contributed by atoms with Crippen LogP contribution in [-0.2, 0) is 11.3 Å². The molecule has 170 valence electrons. The van der Waals surface area contributed by atoms with Gasteiger partial charge < -0.3 is 19.4 Å². The number of urea groups is 1. The van der Waals surface area contributed by atoms with Crippen LogP contribution >= 0.6 is 0 Å². The summed E-state index contributed by atoms with van der Waals surface area (Å²) in [6, 6.07) is 14.3. The van der Waals surface area contributed by atoms with Crippen LogP contribution in [0.2, 0.25) is 0 Å². The molecule has 0 spiro atoms. The molecule has 2 aromatic carbocycles. The number of benzene rings is 2. The van der Waals surface area contributed by atoms with Crippen LogP contribution in [-0.4, -0.2) is 73.4 Å². The fraction of sp³-hybridized carbons (Fsp3) is 0.391. The van der Waals surface area contributed by atoms with Crippen molar-refractivity contribution >= 4 is 23.5 Å². The standard InChI is InChI=1S/C23H28FN5O3/c1-26-15-29(16-27(2)23(26)31)19-10-11-28(13-19)21-9-8-18(12-20(21)24)25-22(30)32-14-17-6-4-3-5-7-17/h3-9,12,19H,10-11,13-16H2,1-2H3,(H,25,30). The molecule has 1 atom stereocenters. The van der Waals surface area contributed by atoms with Crippen molar-refractivity contribution in [2.75, 3.05) is 50.7 Å². The number of hydrogen-bond acceptors (Lipinski definition) is 5. The number of halogens is 1. The molecule has 0 bridgehead atoms. The lowest BCUT2D eigenvalue weighted by Gasteiger charge is -2.41. The number of nitrogens with zero attached hydrogens (tertiary/aromatic N) is 4. The Morgan fingerprint density at radius 3 is 2.53 bits per heavy atom. The monoisotopic (exact) mass is 441 g/mol. The van der Waals surface area contributed by atoms with Crippen LogP contribution in [0.15, 0.2) is 48.5 Å². The summed E-state index contributed by atoms with van der Waals surface area (Å²) in [6.45, 7) is 2.69. The second-order valence-corrected chi connectivity index (χ2v) is 8.29. The van der Waals surface area contributed by atoms with E-state index in [2.05, 4.69) is 10.2 Å². The predicted octanol–water partition coefficient (Wildman–Crippen LogP) is 3.37. The molecule has 9 heteroatoms. The number of anilines is 2. The molecular weight excluding hydrogens is 413 g/mol. The number of carbonyl (C=O) groups is 2. The normalized spacial score (nSPS) is 19.4. The Morgan fingerprint density at radius 1 is 1.12 bits per heavy atom. The molecule has 0 saturated carbocycles. The molecule has 3 amide bonds. The van der Waals surface area contributed by atoms with Gasteiger partial charge >= 0.3 is 12.1 Å². The van der Waals surface area contributed by atoms with E-state index in [1.165, 1.54) is 6.07 Å². The van der Waals surface area contributed by atoms with E-state index in [1.807, 2.05) is 35.2 Å². The summed E-state index contributed by atoms with van der Waals surface area (Å²) < 4.78 is 20.0. The van der Waals surface area contributed by atoms with Gasteiger partial charge in [-0.1, -0.05) is 30.3 Å². The Kier molecular flexibility index (Phi) is 6.45. The highest BCUT2D eigenvalue weighted by atomic mass is 19.1. The third-order valence-corrected chi connectivity index (χ3v) is 5.87. The predicted molar refractivity (Wildman–Crippen MR) is 120 cm³/mol. The number of nitrogens with one attached hydrogen (secondary N) is 1. The summed E-state index contributed by atoms with van der Waals surface area (Å²) in [5.74, 6) is -0.394. The Hall–Kier alpha value is -3.33. The van der Waals surface area contributed by atoms with E-state index in [4.69, 9.17) is 4.74 Å². The van der Waals surface area contributed by atoms with Gasteiger partial charge in [-0.2, -0.15) is 0 Å². The zero-order chi connectivity index (χ0) is 22.7. The Labute approximate surface area is 187 Å². The molecule has 2 aromatic rings. The van der Waals surface area contributed by atoms with Gasteiger partial charge in [0.05, 0.1) is 19.0 Å². The fourth-order valence-electron chi connectivity index (χ4n) is 4.21. The maximum absolute atomic E-state index is 14.8. The van der Waals surface area contributed by atoms with E-state index in [1.54, 1.807) is 36.0 Å².